The maximum Gasteiger partial charge on any atom is 0.147 e. The quantitative estimate of drug-likeness (QED) is 0.936. The molecule has 1 saturated carbocycles. The van der Waals surface area contributed by atoms with Gasteiger partial charge in [-0.25, -0.2) is 8.78 Å². The van der Waals surface area contributed by atoms with Crippen molar-refractivity contribution in [2.24, 2.45) is 0 Å². The van der Waals surface area contributed by atoms with Crippen molar-refractivity contribution in [3.63, 3.8) is 0 Å². The largest absolute Gasteiger partial charge is 0.387 e. The summed E-state index contributed by atoms with van der Waals surface area (Å²) in [7, 11) is 0. The van der Waals surface area contributed by atoms with Crippen molar-refractivity contribution in [3.8, 4) is 0 Å². The van der Waals surface area contributed by atoms with E-state index < -0.39 is 17.7 Å². The minimum absolute atomic E-state index is 0.00397. The van der Waals surface area contributed by atoms with Crippen LogP contribution >= 0.6 is 0 Å². The minimum atomic E-state index is -1.07. The zero-order valence-corrected chi connectivity index (χ0v) is 12.6. The molecule has 7 heteroatoms. The van der Waals surface area contributed by atoms with Gasteiger partial charge >= 0.3 is 0 Å². The smallest absolute Gasteiger partial charge is 0.147 e. The van der Waals surface area contributed by atoms with Crippen molar-refractivity contribution in [2.75, 3.05) is 13.1 Å². The Morgan fingerprint density at radius 1 is 1.22 bits per heavy atom. The Morgan fingerprint density at radius 2 is 2.04 bits per heavy atom. The van der Waals surface area contributed by atoms with Crippen LogP contribution in [0.15, 0.2) is 18.2 Å². The van der Waals surface area contributed by atoms with Gasteiger partial charge in [0.25, 0.3) is 0 Å². The van der Waals surface area contributed by atoms with Gasteiger partial charge in [0.2, 0.25) is 0 Å². The molecule has 1 aliphatic heterocycles. The molecule has 0 spiro atoms. The molecular formula is C16H18F2N4O. The number of aromatic nitrogens is 3. The molecule has 1 atom stereocenters. The highest BCUT2D eigenvalue weighted by Gasteiger charge is 2.32. The number of fused-ring (bicyclic) bond motifs is 1. The van der Waals surface area contributed by atoms with Crippen LogP contribution in [0.2, 0.25) is 0 Å². The number of rotatable bonds is 4. The SMILES string of the molecule is O[C@@H](CN1CCn2c(nnc2C2CC2)C1)c1cc(F)ccc1F. The highest BCUT2D eigenvalue weighted by Crippen LogP contribution is 2.39. The van der Waals surface area contributed by atoms with Gasteiger partial charge in [0.05, 0.1) is 12.6 Å². The van der Waals surface area contributed by atoms with Crippen LogP contribution in [0, 0.1) is 11.6 Å². The van der Waals surface area contributed by atoms with Gasteiger partial charge in [-0.2, -0.15) is 0 Å². The van der Waals surface area contributed by atoms with Gasteiger partial charge < -0.3 is 9.67 Å². The lowest BCUT2D eigenvalue weighted by Gasteiger charge is -2.29. The molecule has 4 rings (SSSR count). The zero-order chi connectivity index (χ0) is 16.0. The summed E-state index contributed by atoms with van der Waals surface area (Å²) in [5, 5.41) is 18.7. The molecule has 1 fully saturated rings. The molecule has 23 heavy (non-hydrogen) atoms. The predicted molar refractivity (Wildman–Crippen MR) is 78.6 cm³/mol. The van der Waals surface area contributed by atoms with Crippen LogP contribution in [-0.4, -0.2) is 37.9 Å². The Bertz CT molecular complexity index is 729. The summed E-state index contributed by atoms with van der Waals surface area (Å²) in [6, 6.07) is 3.15. The van der Waals surface area contributed by atoms with Gasteiger partial charge in [-0.15, -0.1) is 10.2 Å². The molecule has 1 aromatic heterocycles. The van der Waals surface area contributed by atoms with Crippen LogP contribution < -0.4 is 0 Å². The molecule has 2 aromatic rings. The van der Waals surface area contributed by atoms with E-state index in [-0.39, 0.29) is 12.1 Å². The first-order chi connectivity index (χ1) is 11.1. The van der Waals surface area contributed by atoms with E-state index in [2.05, 4.69) is 14.8 Å². The third kappa shape index (κ3) is 2.86. The molecule has 0 unspecified atom stereocenters. The van der Waals surface area contributed by atoms with E-state index in [4.69, 9.17) is 0 Å². The van der Waals surface area contributed by atoms with Gasteiger partial charge in [0, 0.05) is 31.1 Å². The summed E-state index contributed by atoms with van der Waals surface area (Å²) < 4.78 is 29.2. The second kappa shape index (κ2) is 5.65. The molecule has 2 aliphatic rings. The molecule has 0 radical (unpaired) electrons. The van der Waals surface area contributed by atoms with E-state index in [9.17, 15) is 13.9 Å². The average Bonchev–Trinajstić information content (AvgIpc) is 3.29. The second-order valence-corrected chi connectivity index (χ2v) is 6.32. The lowest BCUT2D eigenvalue weighted by atomic mass is 10.1. The van der Waals surface area contributed by atoms with Crippen molar-refractivity contribution < 1.29 is 13.9 Å². The van der Waals surface area contributed by atoms with E-state index in [1.165, 1.54) is 12.8 Å². The molecule has 1 N–H and O–H groups in total. The lowest BCUT2D eigenvalue weighted by Crippen LogP contribution is -2.37. The van der Waals surface area contributed by atoms with E-state index in [1.807, 2.05) is 4.90 Å². The molecule has 0 amide bonds. The van der Waals surface area contributed by atoms with Crippen molar-refractivity contribution in [1.29, 1.82) is 0 Å². The second-order valence-electron chi connectivity index (χ2n) is 6.32. The van der Waals surface area contributed by atoms with Crippen molar-refractivity contribution >= 4 is 0 Å². The summed E-state index contributed by atoms with van der Waals surface area (Å²) in [6.45, 7) is 2.31. The fourth-order valence-electron chi connectivity index (χ4n) is 3.14. The Hall–Kier alpha value is -1.86. The van der Waals surface area contributed by atoms with Crippen molar-refractivity contribution in [1.82, 2.24) is 19.7 Å². The number of aliphatic hydroxyl groups is 1. The van der Waals surface area contributed by atoms with Gasteiger partial charge in [0.15, 0.2) is 0 Å². The van der Waals surface area contributed by atoms with Crippen LogP contribution in [0.4, 0.5) is 8.78 Å². The number of halogens is 2. The molecule has 0 bridgehead atoms. The minimum Gasteiger partial charge on any atom is -0.387 e. The number of hydrogen-bond acceptors (Lipinski definition) is 4. The van der Waals surface area contributed by atoms with Crippen LogP contribution in [0.1, 0.15) is 42.1 Å². The number of aliphatic hydroxyl groups excluding tert-OH is 1. The standard InChI is InChI=1S/C16H18F2N4O/c17-11-3-4-13(18)12(7-11)14(23)8-21-5-6-22-15(9-21)19-20-16(22)10-1-2-10/h3-4,7,10,14,23H,1-2,5-6,8-9H2/t14-/m0/s1. The van der Waals surface area contributed by atoms with E-state index in [1.54, 1.807) is 0 Å². The number of β-amino-alcohol motifs (C(OH)–C–C–N with tert-alkyl or cyclic N) is 1. The van der Waals surface area contributed by atoms with Gasteiger partial charge in [-0.1, -0.05) is 0 Å². The topological polar surface area (TPSA) is 54.2 Å². The molecular weight excluding hydrogens is 302 g/mol. The van der Waals surface area contributed by atoms with Crippen LogP contribution in [0.5, 0.6) is 0 Å². The monoisotopic (exact) mass is 320 g/mol. The lowest BCUT2D eigenvalue weighted by molar-refractivity contribution is 0.0931. The molecule has 1 aromatic carbocycles. The third-order valence-corrected chi connectivity index (χ3v) is 4.55. The molecule has 2 heterocycles. The normalized spacial score (nSPS) is 19.6. The Balaban J connectivity index is 1.46. The molecule has 0 saturated heterocycles. The fourth-order valence-corrected chi connectivity index (χ4v) is 3.14. The molecule has 5 nitrogen and oxygen atoms in total. The van der Waals surface area contributed by atoms with Crippen LogP contribution in [-0.2, 0) is 13.1 Å². The summed E-state index contributed by atoms with van der Waals surface area (Å²) in [6.07, 6.45) is 1.29. The van der Waals surface area contributed by atoms with Crippen LogP contribution in [0.25, 0.3) is 0 Å². The third-order valence-electron chi connectivity index (χ3n) is 4.55. The zero-order valence-electron chi connectivity index (χ0n) is 12.6. The highest BCUT2D eigenvalue weighted by atomic mass is 19.1. The summed E-state index contributed by atoms with van der Waals surface area (Å²) in [4.78, 5) is 2.00. The van der Waals surface area contributed by atoms with Gasteiger partial charge in [-0.05, 0) is 31.0 Å². The Kier molecular flexibility index (Phi) is 3.61. The average molecular weight is 320 g/mol. The summed E-state index contributed by atoms with van der Waals surface area (Å²) in [5.74, 6) is 1.36. The predicted octanol–water partition coefficient (Wildman–Crippen LogP) is 1.98. The van der Waals surface area contributed by atoms with Gasteiger partial charge in [0.1, 0.15) is 23.3 Å². The van der Waals surface area contributed by atoms with Gasteiger partial charge in [-0.3, -0.25) is 4.90 Å². The molecule has 1 aliphatic carbocycles. The summed E-state index contributed by atoms with van der Waals surface area (Å²) in [5.41, 5.74) is -0.00397. The first-order valence-corrected chi connectivity index (χ1v) is 7.89. The number of nitrogens with zero attached hydrogens (tertiary/aromatic N) is 4. The fraction of sp³-hybridized carbons (Fsp3) is 0.500. The highest BCUT2D eigenvalue weighted by molar-refractivity contribution is 5.21. The maximum atomic E-state index is 13.7. The first-order valence-electron chi connectivity index (χ1n) is 7.89. The summed E-state index contributed by atoms with van der Waals surface area (Å²) >= 11 is 0. The van der Waals surface area contributed by atoms with Crippen LogP contribution in [0.3, 0.4) is 0 Å². The Morgan fingerprint density at radius 3 is 2.83 bits per heavy atom. The maximum absolute atomic E-state index is 13.7. The number of benzene rings is 1. The first kappa shape index (κ1) is 14.7. The van der Waals surface area contributed by atoms with E-state index in [0.29, 0.717) is 12.5 Å². The van der Waals surface area contributed by atoms with E-state index >= 15 is 0 Å². The number of hydrogen-bond donors (Lipinski definition) is 1. The van der Waals surface area contributed by atoms with E-state index in [0.717, 1.165) is 42.9 Å². The van der Waals surface area contributed by atoms with Crippen molar-refractivity contribution in [3.05, 3.63) is 47.0 Å². The van der Waals surface area contributed by atoms with Crippen molar-refractivity contribution in [2.45, 2.75) is 38.0 Å². The molecule has 122 valence electrons. The Labute approximate surface area is 132 Å².